The fourth-order valence-electron chi connectivity index (χ4n) is 2.61. The van der Waals surface area contributed by atoms with Crippen LogP contribution in [-0.2, 0) is 12.6 Å². The molecule has 0 radical (unpaired) electrons. The first-order valence-corrected chi connectivity index (χ1v) is 7.89. The second kappa shape index (κ2) is 5.74. The van der Waals surface area contributed by atoms with Gasteiger partial charge in [-0.25, -0.2) is 0 Å². The van der Waals surface area contributed by atoms with Crippen LogP contribution in [0.2, 0.25) is 5.02 Å². The molecule has 0 aliphatic heterocycles. The Bertz CT molecular complexity index is 866. The summed E-state index contributed by atoms with van der Waals surface area (Å²) in [6.07, 6.45) is 4.47. The number of nitrogens with one attached hydrogen (secondary N) is 2. The molecule has 0 aliphatic rings. The predicted octanol–water partition coefficient (Wildman–Crippen LogP) is 3.61. The number of aromatic amines is 1. The Balaban J connectivity index is 1.89. The maximum atomic E-state index is 12.7. The summed E-state index contributed by atoms with van der Waals surface area (Å²) < 4.78 is 1.74. The molecule has 1 amide bonds. The SMILES string of the molecule is CCC(C)(NC(=O)c1cc2cc(Cl)ccc2[nH]1)c1cnn(C)c1. The molecule has 3 rings (SSSR count). The molecule has 1 unspecified atom stereocenters. The summed E-state index contributed by atoms with van der Waals surface area (Å²) in [4.78, 5) is 15.8. The van der Waals surface area contributed by atoms with Gasteiger partial charge in [0.2, 0.25) is 0 Å². The van der Waals surface area contributed by atoms with Gasteiger partial charge < -0.3 is 10.3 Å². The highest BCUT2D eigenvalue weighted by molar-refractivity contribution is 6.31. The lowest BCUT2D eigenvalue weighted by Crippen LogP contribution is -2.43. The van der Waals surface area contributed by atoms with E-state index in [1.807, 2.05) is 45.3 Å². The molecule has 0 saturated carbocycles. The van der Waals surface area contributed by atoms with Crippen LogP contribution in [0.4, 0.5) is 0 Å². The number of carbonyl (C=O) groups is 1. The predicted molar refractivity (Wildman–Crippen MR) is 91.6 cm³/mol. The third-order valence-electron chi connectivity index (χ3n) is 4.27. The van der Waals surface area contributed by atoms with Crippen molar-refractivity contribution in [1.29, 1.82) is 0 Å². The van der Waals surface area contributed by atoms with Gasteiger partial charge in [0.15, 0.2) is 0 Å². The quantitative estimate of drug-likeness (QED) is 0.767. The van der Waals surface area contributed by atoms with E-state index >= 15 is 0 Å². The Labute approximate surface area is 139 Å². The monoisotopic (exact) mass is 330 g/mol. The molecule has 0 bridgehead atoms. The lowest BCUT2D eigenvalue weighted by molar-refractivity contribution is 0.0897. The molecule has 1 atom stereocenters. The highest BCUT2D eigenvalue weighted by atomic mass is 35.5. The average Bonchev–Trinajstić information content (AvgIpc) is 3.13. The minimum atomic E-state index is -0.472. The largest absolute Gasteiger partial charge is 0.351 e. The lowest BCUT2D eigenvalue weighted by Gasteiger charge is -2.28. The Hall–Kier alpha value is -2.27. The summed E-state index contributed by atoms with van der Waals surface area (Å²) >= 11 is 6.00. The van der Waals surface area contributed by atoms with Crippen LogP contribution in [0.5, 0.6) is 0 Å². The van der Waals surface area contributed by atoms with Gasteiger partial charge in [0, 0.05) is 34.7 Å². The summed E-state index contributed by atoms with van der Waals surface area (Å²) in [7, 11) is 1.86. The number of fused-ring (bicyclic) bond motifs is 1. The van der Waals surface area contributed by atoms with Crippen LogP contribution in [0, 0.1) is 0 Å². The van der Waals surface area contributed by atoms with E-state index in [-0.39, 0.29) is 5.91 Å². The molecule has 1 aromatic carbocycles. The third-order valence-corrected chi connectivity index (χ3v) is 4.50. The molecule has 23 heavy (non-hydrogen) atoms. The minimum Gasteiger partial charge on any atom is -0.351 e. The van der Waals surface area contributed by atoms with Crippen LogP contribution in [0.1, 0.15) is 36.3 Å². The number of rotatable bonds is 4. The third kappa shape index (κ3) is 2.97. The van der Waals surface area contributed by atoms with Gasteiger partial charge in [0.25, 0.3) is 5.91 Å². The second-order valence-electron chi connectivity index (χ2n) is 5.96. The van der Waals surface area contributed by atoms with Crippen molar-refractivity contribution in [2.24, 2.45) is 7.05 Å². The minimum absolute atomic E-state index is 0.148. The Kier molecular flexibility index (Phi) is 3.90. The Morgan fingerprint density at radius 3 is 2.87 bits per heavy atom. The van der Waals surface area contributed by atoms with Crippen molar-refractivity contribution in [3.8, 4) is 0 Å². The number of aromatic nitrogens is 3. The summed E-state index contributed by atoms with van der Waals surface area (Å²) in [5.74, 6) is -0.148. The van der Waals surface area contributed by atoms with Gasteiger partial charge in [-0.2, -0.15) is 5.10 Å². The summed E-state index contributed by atoms with van der Waals surface area (Å²) in [5.41, 5.74) is 1.92. The zero-order valence-electron chi connectivity index (χ0n) is 13.4. The van der Waals surface area contributed by atoms with Crippen molar-refractivity contribution in [2.75, 3.05) is 0 Å². The number of carbonyl (C=O) groups excluding carboxylic acids is 1. The molecular formula is C17H19ClN4O. The average molecular weight is 331 g/mol. The van der Waals surface area contributed by atoms with Crippen LogP contribution in [-0.4, -0.2) is 20.7 Å². The van der Waals surface area contributed by atoms with E-state index in [0.29, 0.717) is 10.7 Å². The highest BCUT2D eigenvalue weighted by Crippen LogP contribution is 2.25. The second-order valence-corrected chi connectivity index (χ2v) is 6.39. The van der Waals surface area contributed by atoms with Crippen molar-refractivity contribution in [3.63, 3.8) is 0 Å². The van der Waals surface area contributed by atoms with Crippen LogP contribution >= 0.6 is 11.6 Å². The van der Waals surface area contributed by atoms with E-state index < -0.39 is 5.54 Å². The maximum absolute atomic E-state index is 12.7. The molecule has 0 saturated heterocycles. The summed E-state index contributed by atoms with van der Waals surface area (Å²) in [6, 6.07) is 7.32. The normalized spacial score (nSPS) is 13.9. The molecular weight excluding hydrogens is 312 g/mol. The smallest absolute Gasteiger partial charge is 0.268 e. The molecule has 0 fully saturated rings. The fraction of sp³-hybridized carbons (Fsp3) is 0.294. The number of benzene rings is 1. The number of hydrogen-bond donors (Lipinski definition) is 2. The molecule has 120 valence electrons. The van der Waals surface area contributed by atoms with Gasteiger partial charge in [-0.05, 0) is 37.6 Å². The number of amides is 1. The molecule has 3 aromatic rings. The van der Waals surface area contributed by atoms with Crippen LogP contribution < -0.4 is 5.32 Å². The van der Waals surface area contributed by atoms with Gasteiger partial charge in [-0.3, -0.25) is 9.48 Å². The van der Waals surface area contributed by atoms with E-state index in [1.165, 1.54) is 0 Å². The zero-order chi connectivity index (χ0) is 16.6. The molecule has 6 heteroatoms. The summed E-state index contributed by atoms with van der Waals surface area (Å²) in [6.45, 7) is 4.04. The van der Waals surface area contributed by atoms with Crippen LogP contribution in [0.15, 0.2) is 36.7 Å². The fourth-order valence-corrected chi connectivity index (χ4v) is 2.80. The molecule has 2 N–H and O–H groups in total. The van der Waals surface area contributed by atoms with E-state index in [9.17, 15) is 4.79 Å². The number of halogens is 1. The first-order valence-electron chi connectivity index (χ1n) is 7.51. The number of aryl methyl sites for hydroxylation is 1. The first kappa shape index (κ1) is 15.6. The van der Waals surface area contributed by atoms with Crippen molar-refractivity contribution < 1.29 is 4.79 Å². The Morgan fingerprint density at radius 2 is 2.22 bits per heavy atom. The van der Waals surface area contributed by atoms with E-state index in [1.54, 1.807) is 16.9 Å². The van der Waals surface area contributed by atoms with Gasteiger partial charge in [-0.1, -0.05) is 18.5 Å². The van der Waals surface area contributed by atoms with E-state index in [0.717, 1.165) is 22.9 Å². The number of hydrogen-bond acceptors (Lipinski definition) is 2. The number of nitrogens with zero attached hydrogens (tertiary/aromatic N) is 2. The van der Waals surface area contributed by atoms with E-state index in [4.69, 9.17) is 11.6 Å². The Morgan fingerprint density at radius 1 is 1.43 bits per heavy atom. The zero-order valence-corrected chi connectivity index (χ0v) is 14.1. The molecule has 0 spiro atoms. The van der Waals surface area contributed by atoms with Gasteiger partial charge >= 0.3 is 0 Å². The summed E-state index contributed by atoms with van der Waals surface area (Å²) in [5, 5.41) is 8.88. The molecule has 2 heterocycles. The highest BCUT2D eigenvalue weighted by Gasteiger charge is 2.28. The van der Waals surface area contributed by atoms with Crippen LogP contribution in [0.25, 0.3) is 10.9 Å². The van der Waals surface area contributed by atoms with Crippen molar-refractivity contribution in [2.45, 2.75) is 25.8 Å². The van der Waals surface area contributed by atoms with Crippen molar-refractivity contribution in [3.05, 3.63) is 52.9 Å². The topological polar surface area (TPSA) is 62.7 Å². The van der Waals surface area contributed by atoms with Gasteiger partial charge in [0.1, 0.15) is 5.69 Å². The number of H-pyrrole nitrogens is 1. The van der Waals surface area contributed by atoms with E-state index in [2.05, 4.69) is 15.4 Å². The van der Waals surface area contributed by atoms with Gasteiger partial charge in [0.05, 0.1) is 11.7 Å². The molecule has 0 aliphatic carbocycles. The van der Waals surface area contributed by atoms with Crippen LogP contribution in [0.3, 0.4) is 0 Å². The maximum Gasteiger partial charge on any atom is 0.268 e. The molecule has 2 aromatic heterocycles. The lowest BCUT2D eigenvalue weighted by atomic mass is 9.91. The van der Waals surface area contributed by atoms with Gasteiger partial charge in [-0.15, -0.1) is 0 Å². The first-order chi connectivity index (χ1) is 10.9. The standard InChI is InChI=1S/C17H19ClN4O/c1-4-17(2,12-9-19-22(3)10-12)21-16(23)15-8-11-7-13(18)5-6-14(11)20-15/h5-10,20H,4H2,1-3H3,(H,21,23). The molecule has 5 nitrogen and oxygen atoms in total. The van der Waals surface area contributed by atoms with Crippen molar-refractivity contribution in [1.82, 2.24) is 20.1 Å². The van der Waals surface area contributed by atoms with Crippen molar-refractivity contribution >= 4 is 28.4 Å².